The van der Waals surface area contributed by atoms with E-state index in [2.05, 4.69) is 58.4 Å². The van der Waals surface area contributed by atoms with Gasteiger partial charge >= 0.3 is 5.97 Å². The highest BCUT2D eigenvalue weighted by atomic mass is 32.2. The molecule has 11 heteroatoms. The number of carboxylic acid groups (broad SMARTS) is 1. The molecule has 212 valence electrons. The predicted octanol–water partition coefficient (Wildman–Crippen LogP) is 4.16. The first-order valence-corrected chi connectivity index (χ1v) is 13.6. The number of nitrogens with zero attached hydrogens (tertiary/aromatic N) is 3. The molecule has 1 aliphatic rings. The number of nitrogens with one attached hydrogen (secondary N) is 1. The lowest BCUT2D eigenvalue weighted by atomic mass is 10.1. The zero-order valence-corrected chi connectivity index (χ0v) is 23.7. The van der Waals surface area contributed by atoms with Gasteiger partial charge in [-0.3, -0.25) is 5.41 Å². The van der Waals surface area contributed by atoms with Crippen LogP contribution in [-0.4, -0.2) is 67.9 Å². The van der Waals surface area contributed by atoms with Crippen molar-refractivity contribution in [2.45, 2.75) is 29.2 Å². The van der Waals surface area contributed by atoms with Crippen LogP contribution in [0, 0.1) is 5.41 Å². The average Bonchev–Trinajstić information content (AvgIpc) is 2.93. The number of aliphatic carboxylic acids is 1. The van der Waals surface area contributed by atoms with Crippen LogP contribution in [0.5, 0.6) is 5.75 Å². The highest BCUT2D eigenvalue weighted by Gasteiger charge is 2.22. The third-order valence-corrected chi connectivity index (χ3v) is 6.89. The third kappa shape index (κ3) is 8.65. The zero-order valence-electron chi connectivity index (χ0n) is 22.9. The Hall–Kier alpha value is -4.22. The summed E-state index contributed by atoms with van der Waals surface area (Å²) in [4.78, 5) is 21.0. The minimum absolute atomic E-state index is 0.0509. The number of guanidine groups is 2. The Labute approximate surface area is 239 Å². The molecule has 1 aliphatic heterocycles. The van der Waals surface area contributed by atoms with Gasteiger partial charge in [0, 0.05) is 36.9 Å². The molecule has 4 rings (SSSR count). The number of rotatable bonds is 9. The minimum Gasteiger partial charge on any atom is -0.492 e. The van der Waals surface area contributed by atoms with E-state index in [-0.39, 0.29) is 11.9 Å². The average molecular weight is 565 g/mol. The molecule has 0 aliphatic carbocycles. The van der Waals surface area contributed by atoms with E-state index in [4.69, 9.17) is 26.4 Å². The monoisotopic (exact) mass is 564 g/mol. The first-order chi connectivity index (χ1) is 19.2. The van der Waals surface area contributed by atoms with Gasteiger partial charge in [0.2, 0.25) is 5.96 Å². The van der Waals surface area contributed by atoms with E-state index in [1.807, 2.05) is 24.3 Å². The Kier molecular flexibility index (Phi) is 11.2. The Morgan fingerprint density at radius 1 is 1.02 bits per heavy atom. The number of fused-ring (bicyclic) bond motifs is 2. The highest BCUT2D eigenvalue weighted by molar-refractivity contribution is 7.99. The van der Waals surface area contributed by atoms with Crippen molar-refractivity contribution in [1.29, 1.82) is 5.41 Å². The van der Waals surface area contributed by atoms with E-state index in [1.54, 1.807) is 32.8 Å². The predicted molar refractivity (Wildman–Crippen MR) is 160 cm³/mol. The lowest BCUT2D eigenvalue weighted by Gasteiger charge is -2.32. The number of carboxylic acids is 1. The molecule has 0 bridgehead atoms. The number of hydrogen-bond donors (Lipinski definition) is 4. The summed E-state index contributed by atoms with van der Waals surface area (Å²) in [5.74, 6) is -0.217. The number of ether oxygens (including phenoxy) is 2. The second-order valence-electron chi connectivity index (χ2n) is 8.92. The smallest absolute Gasteiger partial charge is 0.333 e. The Morgan fingerprint density at radius 2 is 1.60 bits per heavy atom. The maximum Gasteiger partial charge on any atom is 0.333 e. The number of nitrogens with two attached hydrogens (primary N) is 2. The van der Waals surface area contributed by atoms with Crippen LogP contribution in [0.15, 0.2) is 87.6 Å². The van der Waals surface area contributed by atoms with E-state index in [1.165, 1.54) is 26.1 Å². The maximum atomic E-state index is 11.3. The largest absolute Gasteiger partial charge is 0.492 e. The van der Waals surface area contributed by atoms with Gasteiger partial charge in [0.15, 0.2) is 12.1 Å². The lowest BCUT2D eigenvalue weighted by Crippen LogP contribution is -2.28. The summed E-state index contributed by atoms with van der Waals surface area (Å²) >= 11 is 1.79. The molecule has 1 unspecified atom stereocenters. The molecular formula is C29H36N6O4S. The van der Waals surface area contributed by atoms with Crippen LogP contribution in [0.2, 0.25) is 0 Å². The van der Waals surface area contributed by atoms with Crippen LogP contribution in [0.25, 0.3) is 0 Å². The summed E-state index contributed by atoms with van der Waals surface area (Å²) in [5, 5.41) is 16.3. The molecule has 3 aromatic carbocycles. The number of para-hydroxylation sites is 2. The molecule has 0 amide bonds. The van der Waals surface area contributed by atoms with Gasteiger partial charge in [-0.1, -0.05) is 48.2 Å². The second-order valence-corrected chi connectivity index (χ2v) is 10.0. The summed E-state index contributed by atoms with van der Waals surface area (Å²) < 4.78 is 11.3. The van der Waals surface area contributed by atoms with Crippen LogP contribution in [0.4, 0.5) is 11.4 Å². The molecule has 1 heterocycles. The lowest BCUT2D eigenvalue weighted by molar-refractivity contribution is -0.149. The van der Waals surface area contributed by atoms with Crippen LogP contribution < -0.4 is 21.1 Å². The minimum atomic E-state index is -0.942. The van der Waals surface area contributed by atoms with Crippen LogP contribution in [0.3, 0.4) is 0 Å². The van der Waals surface area contributed by atoms with Gasteiger partial charge in [-0.15, -0.1) is 0 Å². The van der Waals surface area contributed by atoms with Gasteiger partial charge in [-0.2, -0.15) is 4.99 Å². The van der Waals surface area contributed by atoms with Crippen molar-refractivity contribution in [1.82, 2.24) is 4.90 Å². The van der Waals surface area contributed by atoms with Crippen molar-refractivity contribution in [3.63, 3.8) is 0 Å². The van der Waals surface area contributed by atoms with Crippen molar-refractivity contribution < 1.29 is 19.4 Å². The van der Waals surface area contributed by atoms with Crippen LogP contribution in [-0.2, 0) is 16.0 Å². The highest BCUT2D eigenvalue weighted by Crippen LogP contribution is 2.47. The van der Waals surface area contributed by atoms with Crippen LogP contribution in [0.1, 0.15) is 12.5 Å². The molecule has 0 aromatic heterocycles. The van der Waals surface area contributed by atoms with Gasteiger partial charge in [-0.25, -0.2) is 4.79 Å². The quantitative estimate of drug-likeness (QED) is 0.222. The van der Waals surface area contributed by atoms with E-state index < -0.39 is 12.1 Å². The zero-order chi connectivity index (χ0) is 29.1. The number of hydrogen-bond acceptors (Lipinski definition) is 6. The van der Waals surface area contributed by atoms with Crippen molar-refractivity contribution in [2.75, 3.05) is 38.8 Å². The summed E-state index contributed by atoms with van der Waals surface area (Å²) in [5.41, 5.74) is 13.3. The van der Waals surface area contributed by atoms with Gasteiger partial charge in [0.25, 0.3) is 0 Å². The van der Waals surface area contributed by atoms with E-state index in [0.717, 1.165) is 17.9 Å². The molecule has 3 aromatic rings. The number of anilines is 2. The molecule has 0 saturated carbocycles. The van der Waals surface area contributed by atoms with Crippen molar-refractivity contribution in [2.24, 2.45) is 16.5 Å². The molecule has 1 atom stereocenters. The van der Waals surface area contributed by atoms with Gasteiger partial charge in [-0.05, 0) is 48.9 Å². The van der Waals surface area contributed by atoms with Crippen molar-refractivity contribution in [3.05, 3.63) is 78.4 Å². The van der Waals surface area contributed by atoms with Crippen LogP contribution >= 0.6 is 11.8 Å². The Bertz CT molecular complexity index is 1270. The molecule has 10 nitrogen and oxygen atoms in total. The fraction of sp³-hybridized carbons (Fsp3) is 0.276. The van der Waals surface area contributed by atoms with Crippen molar-refractivity contribution >= 4 is 41.0 Å². The normalized spacial score (nSPS) is 12.1. The fourth-order valence-corrected chi connectivity index (χ4v) is 4.95. The Balaban J connectivity index is 0.000000424. The topological polar surface area (TPSA) is 150 Å². The molecule has 40 heavy (non-hydrogen) atoms. The molecule has 0 saturated heterocycles. The first-order valence-electron chi connectivity index (χ1n) is 12.7. The first kappa shape index (κ1) is 30.3. The van der Waals surface area contributed by atoms with Gasteiger partial charge in [0.1, 0.15) is 12.4 Å². The molecular weight excluding hydrogens is 528 g/mol. The molecule has 0 fully saturated rings. The fourth-order valence-electron chi connectivity index (χ4n) is 3.85. The van der Waals surface area contributed by atoms with Gasteiger partial charge < -0.3 is 35.8 Å². The summed E-state index contributed by atoms with van der Waals surface area (Å²) in [6.45, 7) is 3.43. The SMILES string of the molecule is CCOC(Cc1ccc(OCCN2c3ccccc3Sc3ccccc32)cc1)C(=O)O.CN(C)C(=N)N=C(N)N. The molecule has 6 N–H and O–H groups in total. The van der Waals surface area contributed by atoms with E-state index in [9.17, 15) is 9.90 Å². The molecule has 0 spiro atoms. The van der Waals surface area contributed by atoms with E-state index in [0.29, 0.717) is 19.6 Å². The van der Waals surface area contributed by atoms with Crippen molar-refractivity contribution in [3.8, 4) is 5.75 Å². The maximum absolute atomic E-state index is 11.3. The summed E-state index contributed by atoms with van der Waals surface area (Å²) in [6, 6.07) is 24.4. The Morgan fingerprint density at radius 3 is 2.08 bits per heavy atom. The number of carbonyl (C=O) groups is 1. The molecule has 0 radical (unpaired) electrons. The van der Waals surface area contributed by atoms with E-state index >= 15 is 0 Å². The summed E-state index contributed by atoms with van der Waals surface area (Å²) in [6.07, 6.45) is -0.489. The van der Waals surface area contributed by atoms with Gasteiger partial charge in [0.05, 0.1) is 17.9 Å². The standard InChI is InChI=1S/C25H25NO4S.C4H11N5/c1-2-29-22(25(27)28)17-18-11-13-19(14-12-18)30-16-15-26-20-7-3-5-9-23(20)31-24-10-6-4-8-21(24)26;1-9(2)4(7)8-3(5)6/h3-14,22H,2,15-17H2,1H3,(H,27,28);1-2H3,(H5,5,6,7,8). The second kappa shape index (κ2) is 14.8. The third-order valence-electron chi connectivity index (χ3n) is 5.76. The number of benzene rings is 3. The summed E-state index contributed by atoms with van der Waals surface area (Å²) in [7, 11) is 3.38. The number of aliphatic imine (C=N–C) groups is 1.